The number of nitrogen functional groups attached to an aromatic ring is 2. The molecular weight excluding hydrogens is 820 g/mol. The molecule has 4 rings (SSSR count). The zero-order valence-corrected chi connectivity index (χ0v) is 30.8. The Hall–Kier alpha value is -1.20. The van der Waals surface area contributed by atoms with Crippen LogP contribution in [0.25, 0.3) is 0 Å². The molecule has 0 aliphatic heterocycles. The summed E-state index contributed by atoms with van der Waals surface area (Å²) in [6.45, 7) is 7.55. The van der Waals surface area contributed by atoms with Gasteiger partial charge in [-0.1, -0.05) is 27.3 Å². The van der Waals surface area contributed by atoms with Crippen molar-refractivity contribution in [1.29, 1.82) is 0 Å². The Morgan fingerprint density at radius 1 is 0.825 bits per heavy atom. The third kappa shape index (κ3) is 13.2. The van der Waals surface area contributed by atoms with E-state index in [-0.39, 0.29) is 64.3 Å². The van der Waals surface area contributed by atoms with Crippen molar-refractivity contribution >= 4 is 84.2 Å². The first-order chi connectivity index (χ1) is 17.7. The smallest absolute Gasteiger partial charge is 0.225 e. The minimum absolute atomic E-state index is 0. The molecule has 0 radical (unpaired) electrons. The molecule has 0 saturated carbocycles. The summed E-state index contributed by atoms with van der Waals surface area (Å²) in [5, 5.41) is 0.707. The molecule has 40 heavy (non-hydrogen) atoms. The van der Waals surface area contributed by atoms with Crippen LogP contribution in [0.4, 0.5) is 20.4 Å². The zero-order valence-electron chi connectivity index (χ0n) is 22.5. The van der Waals surface area contributed by atoms with Crippen molar-refractivity contribution in [2.75, 3.05) is 24.8 Å². The monoisotopic (exact) mass is 850 g/mol. The van der Waals surface area contributed by atoms with E-state index in [0.29, 0.717) is 48.0 Å². The summed E-state index contributed by atoms with van der Waals surface area (Å²) in [5.41, 5.74) is 19.0. The third-order valence-electron chi connectivity index (χ3n) is 5.17. The maximum Gasteiger partial charge on any atom is 0.225 e. The van der Waals surface area contributed by atoms with Crippen molar-refractivity contribution in [2.45, 2.75) is 52.4 Å². The molecule has 224 valence electrons. The molecule has 0 fully saturated rings. The van der Waals surface area contributed by atoms with Crippen LogP contribution in [0.1, 0.15) is 43.9 Å². The van der Waals surface area contributed by atoms with E-state index in [1.807, 2.05) is 33.2 Å². The first kappa shape index (κ1) is 40.9. The number of aromatic nitrogens is 6. The first-order valence-electron chi connectivity index (χ1n) is 11.4. The maximum absolute atomic E-state index is 12.4. The van der Waals surface area contributed by atoms with Crippen molar-refractivity contribution in [2.24, 2.45) is 0 Å². The van der Waals surface area contributed by atoms with Crippen LogP contribution >= 0.6 is 72.6 Å². The van der Waals surface area contributed by atoms with Crippen molar-refractivity contribution in [3.8, 4) is 0 Å². The van der Waals surface area contributed by atoms with Gasteiger partial charge in [0.2, 0.25) is 5.51 Å². The molecule has 0 bridgehead atoms. The lowest BCUT2D eigenvalue weighted by atomic mass is 10.2. The second-order valence-electron chi connectivity index (χ2n) is 7.89. The molecule has 0 unspecified atom stereocenters. The molecule has 4 aromatic heterocycles. The van der Waals surface area contributed by atoms with Crippen LogP contribution in [-0.4, -0.2) is 38.3 Å². The number of nitrogens with zero attached hydrogens (tertiary/aromatic N) is 6. The molecule has 4 N–H and O–H groups in total. The average molecular weight is 854 g/mol. The van der Waals surface area contributed by atoms with Crippen molar-refractivity contribution in [3.63, 3.8) is 0 Å². The van der Waals surface area contributed by atoms with Gasteiger partial charge in [-0.2, -0.15) is 4.57 Å². The van der Waals surface area contributed by atoms with Crippen LogP contribution in [0.2, 0.25) is 0 Å². The largest absolute Gasteiger partial charge is 1.00 e. The lowest BCUT2D eigenvalue weighted by molar-refractivity contribution is -0.689. The molecule has 0 aliphatic rings. The summed E-state index contributed by atoms with van der Waals surface area (Å²) < 4.78 is 26.1. The van der Waals surface area contributed by atoms with Gasteiger partial charge >= 0.3 is 0 Å². The quantitative estimate of drug-likeness (QED) is 0.217. The molecule has 16 heteroatoms. The van der Waals surface area contributed by atoms with Crippen LogP contribution in [0.15, 0.2) is 23.4 Å². The van der Waals surface area contributed by atoms with Gasteiger partial charge in [0.05, 0.1) is 35.0 Å². The van der Waals surface area contributed by atoms with Gasteiger partial charge in [0, 0.05) is 47.9 Å². The number of aryl methyl sites for hydroxylation is 5. The molecule has 4 aromatic rings. The lowest BCUT2D eigenvalue weighted by Gasteiger charge is -2.01. The Morgan fingerprint density at radius 3 is 1.80 bits per heavy atom. The Morgan fingerprint density at radius 2 is 1.35 bits per heavy atom. The topological polar surface area (TPSA) is 120 Å². The van der Waals surface area contributed by atoms with Crippen LogP contribution < -0.4 is 33.0 Å². The third-order valence-corrected chi connectivity index (χ3v) is 7.91. The summed E-state index contributed by atoms with van der Waals surface area (Å²) in [6, 6.07) is 0. The normalized spacial score (nSPS) is 9.57. The van der Waals surface area contributed by atoms with Gasteiger partial charge < -0.3 is 28.4 Å². The van der Waals surface area contributed by atoms with Crippen molar-refractivity contribution in [3.05, 3.63) is 67.3 Å². The molecular formula is C24H34Br4F2N8S2. The highest BCUT2D eigenvalue weighted by atomic mass is 79.9. The molecule has 0 atom stereocenters. The highest BCUT2D eigenvalue weighted by Crippen LogP contribution is 2.14. The van der Waals surface area contributed by atoms with Gasteiger partial charge in [-0.25, -0.2) is 24.9 Å². The average Bonchev–Trinajstić information content (AvgIpc) is 3.42. The molecule has 0 aliphatic carbocycles. The number of rotatable bonds is 7. The predicted molar refractivity (Wildman–Crippen MR) is 170 cm³/mol. The van der Waals surface area contributed by atoms with E-state index in [0.717, 1.165) is 32.3 Å². The van der Waals surface area contributed by atoms with E-state index in [1.165, 1.54) is 11.3 Å². The van der Waals surface area contributed by atoms with Crippen LogP contribution in [0.3, 0.4) is 0 Å². The van der Waals surface area contributed by atoms with Crippen LogP contribution in [0, 0.1) is 27.7 Å². The standard InChI is InChI=1S/C12H16FN4S.C6H8BrN3.C6H8FNS.3BrH/c1-8-11(3-4-13)18-7-17(8)6-10-5-15-9(2)16-12(10)14;1-4-9-3-5(2-7)6(8)10-4;1-5-6(2-3-7)9-4-8-5;;;/h5,7H,3-4,6H2,1-2H3,(H2,14,15,16);3H,2H2,1H3,(H2,8,9,10);4H,2-3H2,1H3;3*1H/q+1;;;;;/p-1/i13-1;;7-1;;;. The van der Waals surface area contributed by atoms with Gasteiger partial charge in [0.1, 0.15) is 23.3 Å². The van der Waals surface area contributed by atoms with E-state index >= 15 is 0 Å². The summed E-state index contributed by atoms with van der Waals surface area (Å²) >= 11 is 6.37. The Labute approximate surface area is 281 Å². The number of hydrogen-bond donors (Lipinski definition) is 2. The van der Waals surface area contributed by atoms with Crippen molar-refractivity contribution in [1.82, 2.24) is 24.9 Å². The fourth-order valence-corrected chi connectivity index (χ4v) is 5.18. The van der Waals surface area contributed by atoms with E-state index in [1.54, 1.807) is 29.2 Å². The highest BCUT2D eigenvalue weighted by Gasteiger charge is 2.17. The van der Waals surface area contributed by atoms with E-state index in [9.17, 15) is 8.78 Å². The Kier molecular flexibility index (Phi) is 22.0. The maximum atomic E-state index is 12.4. The highest BCUT2D eigenvalue weighted by molar-refractivity contribution is 9.08. The van der Waals surface area contributed by atoms with Gasteiger partial charge in [-0.05, 0) is 20.8 Å². The first-order valence-corrected chi connectivity index (χ1v) is 14.3. The minimum atomic E-state index is -0.322. The predicted octanol–water partition coefficient (Wildman–Crippen LogP) is 2.97. The van der Waals surface area contributed by atoms with Gasteiger partial charge in [0.25, 0.3) is 0 Å². The Bertz CT molecular complexity index is 1280. The number of anilines is 2. The SMILES string of the molecule is Br.Br.Cc1ncc(CBr)c(N)n1.Cc1ncc(C[n+]2csc(CC[18F])c2C)c(N)n1.Cc1ncsc1CC[18F].[Br-]. The second kappa shape index (κ2) is 21.5. The van der Waals surface area contributed by atoms with E-state index in [2.05, 4.69) is 45.4 Å². The number of alkyl halides is 3. The molecule has 0 spiro atoms. The molecule has 0 amide bonds. The molecule has 0 saturated heterocycles. The Balaban J connectivity index is 0. The number of halogens is 6. The number of nitrogens with two attached hydrogens (primary N) is 2. The van der Waals surface area contributed by atoms with Crippen molar-refractivity contribution < 1.29 is 30.3 Å². The molecule has 4 heterocycles. The summed E-state index contributed by atoms with van der Waals surface area (Å²) in [7, 11) is 0. The van der Waals surface area contributed by atoms with E-state index in [4.69, 9.17) is 11.5 Å². The molecule has 0 aromatic carbocycles. The van der Waals surface area contributed by atoms with Crippen LogP contribution in [0.5, 0.6) is 0 Å². The zero-order chi connectivity index (χ0) is 27.4. The van der Waals surface area contributed by atoms with Gasteiger partial charge in [-0.15, -0.1) is 45.3 Å². The summed E-state index contributed by atoms with van der Waals surface area (Å²) in [5.74, 6) is 2.45. The second-order valence-corrected chi connectivity index (χ2v) is 10.3. The molecule has 8 nitrogen and oxygen atoms in total. The number of thiazole rings is 2. The van der Waals surface area contributed by atoms with Gasteiger partial charge in [0.15, 0.2) is 12.2 Å². The van der Waals surface area contributed by atoms with E-state index < -0.39 is 0 Å². The summed E-state index contributed by atoms with van der Waals surface area (Å²) in [6.07, 6.45) is 4.48. The fourth-order valence-electron chi connectivity index (χ4n) is 3.02. The fraction of sp³-hybridized carbons (Fsp3) is 0.417. The van der Waals surface area contributed by atoms with Crippen LogP contribution in [-0.2, 0) is 24.7 Å². The number of hydrogen-bond acceptors (Lipinski definition) is 9. The summed E-state index contributed by atoms with van der Waals surface area (Å²) in [4.78, 5) is 22.4. The van der Waals surface area contributed by atoms with Gasteiger partial charge in [-0.3, -0.25) is 8.78 Å². The minimum Gasteiger partial charge on any atom is -1.00 e. The lowest BCUT2D eigenvalue weighted by Crippen LogP contribution is -3.00.